The first-order valence-electron chi connectivity index (χ1n) is 8.28. The van der Waals surface area contributed by atoms with Gasteiger partial charge in [0.1, 0.15) is 0 Å². The second-order valence-electron chi connectivity index (χ2n) is 6.26. The van der Waals surface area contributed by atoms with Crippen LogP contribution in [0.2, 0.25) is 0 Å². The van der Waals surface area contributed by atoms with Crippen molar-refractivity contribution in [3.05, 3.63) is 29.8 Å². The Morgan fingerprint density at radius 1 is 1.14 bits per heavy atom. The summed E-state index contributed by atoms with van der Waals surface area (Å²) in [6.07, 6.45) is 6.03. The van der Waals surface area contributed by atoms with E-state index >= 15 is 0 Å². The van der Waals surface area contributed by atoms with Crippen molar-refractivity contribution in [3.63, 3.8) is 0 Å². The first-order chi connectivity index (χ1) is 10.2. The largest absolute Gasteiger partial charge is 0.372 e. The summed E-state index contributed by atoms with van der Waals surface area (Å²) in [7, 11) is 0. The van der Waals surface area contributed by atoms with Crippen LogP contribution in [-0.4, -0.2) is 25.5 Å². The molecule has 0 saturated carbocycles. The van der Waals surface area contributed by atoms with E-state index in [0.29, 0.717) is 0 Å². The highest BCUT2D eigenvalue weighted by Crippen LogP contribution is 2.20. The Balaban J connectivity index is 1.73. The van der Waals surface area contributed by atoms with Gasteiger partial charge in [-0.3, -0.25) is 4.79 Å². The van der Waals surface area contributed by atoms with Crippen molar-refractivity contribution in [2.75, 3.05) is 24.5 Å². The molecule has 1 N–H and O–H groups in total. The highest BCUT2D eigenvalue weighted by Gasteiger charge is 2.10. The molecule has 21 heavy (non-hydrogen) atoms. The van der Waals surface area contributed by atoms with Gasteiger partial charge >= 0.3 is 0 Å². The first kappa shape index (κ1) is 15.9. The molecule has 0 radical (unpaired) electrons. The van der Waals surface area contributed by atoms with Gasteiger partial charge in [0.2, 0.25) is 5.91 Å². The van der Waals surface area contributed by atoms with Crippen molar-refractivity contribution in [2.24, 2.45) is 5.92 Å². The first-order valence-corrected chi connectivity index (χ1v) is 8.28. The van der Waals surface area contributed by atoms with E-state index < -0.39 is 0 Å². The molecule has 0 unspecified atom stereocenters. The quantitative estimate of drug-likeness (QED) is 0.814. The summed E-state index contributed by atoms with van der Waals surface area (Å²) in [6, 6.07) is 8.95. The van der Waals surface area contributed by atoms with Crippen molar-refractivity contribution in [1.82, 2.24) is 5.32 Å². The molecule has 3 nitrogen and oxygen atoms in total. The lowest BCUT2D eigenvalue weighted by Gasteiger charge is -2.28. The van der Waals surface area contributed by atoms with Crippen molar-refractivity contribution in [1.29, 1.82) is 0 Å². The Hall–Kier alpha value is -1.51. The van der Waals surface area contributed by atoms with E-state index in [0.717, 1.165) is 19.4 Å². The van der Waals surface area contributed by atoms with Crippen LogP contribution in [0.4, 0.5) is 5.69 Å². The Bertz CT molecular complexity index is 433. The van der Waals surface area contributed by atoms with E-state index in [1.54, 1.807) is 0 Å². The molecule has 1 aliphatic rings. The molecule has 1 saturated heterocycles. The zero-order valence-corrected chi connectivity index (χ0v) is 13.4. The number of amides is 1. The number of nitrogens with one attached hydrogen (secondary N) is 1. The van der Waals surface area contributed by atoms with Crippen molar-refractivity contribution in [3.8, 4) is 0 Å². The van der Waals surface area contributed by atoms with Crippen molar-refractivity contribution in [2.45, 2.75) is 46.0 Å². The summed E-state index contributed by atoms with van der Waals surface area (Å²) in [5.41, 5.74) is 2.71. The van der Waals surface area contributed by atoms with Gasteiger partial charge in [-0.2, -0.15) is 0 Å². The Morgan fingerprint density at radius 3 is 2.43 bits per heavy atom. The molecule has 1 aromatic rings. The van der Waals surface area contributed by atoms with E-state index in [2.05, 4.69) is 34.5 Å². The summed E-state index contributed by atoms with van der Waals surface area (Å²) in [6.45, 7) is 7.01. The minimum absolute atomic E-state index is 0.0776. The third-order valence-electron chi connectivity index (χ3n) is 4.12. The van der Waals surface area contributed by atoms with Gasteiger partial charge in [0.05, 0.1) is 0 Å². The molecule has 3 heteroatoms. The second kappa shape index (κ2) is 8.06. The van der Waals surface area contributed by atoms with E-state index in [-0.39, 0.29) is 11.8 Å². The molecule has 1 heterocycles. The summed E-state index contributed by atoms with van der Waals surface area (Å²) < 4.78 is 0. The average molecular weight is 288 g/mol. The summed E-state index contributed by atoms with van der Waals surface area (Å²) in [5.74, 6) is 0.226. The molecule has 1 amide bonds. The number of piperidine rings is 1. The van der Waals surface area contributed by atoms with Gasteiger partial charge in [0, 0.05) is 31.2 Å². The second-order valence-corrected chi connectivity index (χ2v) is 6.26. The fraction of sp³-hybridized carbons (Fsp3) is 0.611. The number of carbonyl (C=O) groups excluding carboxylic acids is 1. The molecule has 1 aliphatic heterocycles. The summed E-state index contributed by atoms with van der Waals surface area (Å²) in [4.78, 5) is 13.9. The number of anilines is 1. The highest BCUT2D eigenvalue weighted by molar-refractivity contribution is 5.77. The molecule has 2 rings (SSSR count). The smallest absolute Gasteiger partial charge is 0.222 e. The van der Waals surface area contributed by atoms with Crippen LogP contribution in [0.5, 0.6) is 0 Å². The zero-order chi connectivity index (χ0) is 15.1. The van der Waals surface area contributed by atoms with E-state index in [1.165, 1.54) is 43.6 Å². The Morgan fingerprint density at radius 2 is 1.81 bits per heavy atom. The maximum atomic E-state index is 11.5. The molecule has 116 valence electrons. The predicted molar refractivity (Wildman–Crippen MR) is 88.7 cm³/mol. The fourth-order valence-electron chi connectivity index (χ4n) is 2.73. The van der Waals surface area contributed by atoms with Crippen LogP contribution in [0.15, 0.2) is 24.3 Å². The van der Waals surface area contributed by atoms with Crippen LogP contribution >= 0.6 is 0 Å². The lowest BCUT2D eigenvalue weighted by molar-refractivity contribution is -0.123. The van der Waals surface area contributed by atoms with Gasteiger partial charge in [0.25, 0.3) is 0 Å². The average Bonchev–Trinajstić information content (AvgIpc) is 2.52. The molecule has 0 aliphatic carbocycles. The molecule has 1 aromatic carbocycles. The van der Waals surface area contributed by atoms with Crippen molar-refractivity contribution < 1.29 is 4.79 Å². The minimum Gasteiger partial charge on any atom is -0.372 e. The van der Waals surface area contributed by atoms with E-state index in [9.17, 15) is 4.79 Å². The third kappa shape index (κ3) is 5.07. The van der Waals surface area contributed by atoms with Gasteiger partial charge in [-0.05, 0) is 49.8 Å². The van der Waals surface area contributed by atoms with Crippen molar-refractivity contribution >= 4 is 11.6 Å². The van der Waals surface area contributed by atoms with Gasteiger partial charge in [-0.1, -0.05) is 26.0 Å². The zero-order valence-electron chi connectivity index (χ0n) is 13.4. The third-order valence-corrected chi connectivity index (χ3v) is 4.12. The minimum atomic E-state index is 0.0776. The molecule has 0 bridgehead atoms. The lowest BCUT2D eigenvalue weighted by Crippen LogP contribution is -2.29. The van der Waals surface area contributed by atoms with Gasteiger partial charge in [0.15, 0.2) is 0 Å². The number of benzene rings is 1. The number of aryl methyl sites for hydroxylation is 1. The highest BCUT2D eigenvalue weighted by atomic mass is 16.1. The van der Waals surface area contributed by atoms with E-state index in [1.807, 2.05) is 13.8 Å². The fourth-order valence-corrected chi connectivity index (χ4v) is 2.73. The number of carbonyl (C=O) groups is 1. The number of rotatable bonds is 6. The molecule has 0 spiro atoms. The maximum Gasteiger partial charge on any atom is 0.222 e. The molecule has 0 atom stereocenters. The monoisotopic (exact) mass is 288 g/mol. The van der Waals surface area contributed by atoms with Crippen LogP contribution in [0.1, 0.15) is 45.1 Å². The normalized spacial score (nSPS) is 15.3. The number of hydrogen-bond acceptors (Lipinski definition) is 2. The molecule has 0 aromatic heterocycles. The number of hydrogen-bond donors (Lipinski definition) is 1. The van der Waals surface area contributed by atoms with Crippen LogP contribution in [0, 0.1) is 5.92 Å². The molecule has 1 fully saturated rings. The van der Waals surface area contributed by atoms with E-state index in [4.69, 9.17) is 0 Å². The van der Waals surface area contributed by atoms with Crippen LogP contribution in [0.25, 0.3) is 0 Å². The molecular weight excluding hydrogens is 260 g/mol. The summed E-state index contributed by atoms with van der Waals surface area (Å²) >= 11 is 0. The van der Waals surface area contributed by atoms with Crippen LogP contribution in [-0.2, 0) is 11.2 Å². The van der Waals surface area contributed by atoms with Gasteiger partial charge in [-0.15, -0.1) is 0 Å². The van der Waals surface area contributed by atoms with Gasteiger partial charge < -0.3 is 10.2 Å². The Labute approximate surface area is 128 Å². The maximum absolute atomic E-state index is 11.5. The van der Waals surface area contributed by atoms with Gasteiger partial charge in [-0.25, -0.2) is 0 Å². The topological polar surface area (TPSA) is 32.3 Å². The molecular formula is C18H28N2O. The van der Waals surface area contributed by atoms with Crippen LogP contribution < -0.4 is 10.2 Å². The lowest BCUT2D eigenvalue weighted by atomic mass is 10.1. The van der Waals surface area contributed by atoms with Crippen LogP contribution in [0.3, 0.4) is 0 Å². The SMILES string of the molecule is CC(C)C(=O)NCCCc1ccc(N2CCCCC2)cc1. The Kier molecular flexibility index (Phi) is 6.09. The standard InChI is InChI=1S/C18H28N2O/c1-15(2)18(21)19-12-6-7-16-8-10-17(11-9-16)20-13-4-3-5-14-20/h8-11,15H,3-7,12-14H2,1-2H3,(H,19,21). The number of nitrogens with zero attached hydrogens (tertiary/aromatic N) is 1. The summed E-state index contributed by atoms with van der Waals surface area (Å²) in [5, 5.41) is 2.97. The predicted octanol–water partition coefficient (Wildman–Crippen LogP) is 3.38.